The molecule has 0 aliphatic heterocycles. The van der Waals surface area contributed by atoms with Crippen LogP contribution in [0.4, 0.5) is 0 Å². The molecule has 0 amide bonds. The van der Waals surface area contributed by atoms with Gasteiger partial charge < -0.3 is 5.11 Å². The molecule has 0 saturated carbocycles. The van der Waals surface area contributed by atoms with Crippen LogP contribution in [-0.2, 0) is 24.0 Å². The Kier molecular flexibility index (Phi) is 6.13. The maximum atomic E-state index is 9.00. The van der Waals surface area contributed by atoms with Crippen LogP contribution >= 0.6 is 0 Å². The third-order valence-electron chi connectivity index (χ3n) is 1.77. The molecule has 0 aliphatic rings. The number of carboxylic acids is 1. The van der Waals surface area contributed by atoms with Crippen molar-refractivity contribution in [2.24, 2.45) is 0 Å². The van der Waals surface area contributed by atoms with Crippen LogP contribution in [-0.4, -0.2) is 11.1 Å². The fourth-order valence-corrected chi connectivity index (χ4v) is 1.38. The van der Waals surface area contributed by atoms with Gasteiger partial charge in [0.2, 0.25) is 0 Å². The van der Waals surface area contributed by atoms with E-state index in [0.29, 0.717) is 0 Å². The van der Waals surface area contributed by atoms with Crippen LogP contribution in [0.3, 0.4) is 0 Å². The summed E-state index contributed by atoms with van der Waals surface area (Å²) in [5.41, 5.74) is 0. The monoisotopic (exact) mass is 335 g/mol. The Morgan fingerprint density at radius 3 is 1.94 bits per heavy atom. The molecule has 0 heterocycles. The first-order chi connectivity index (χ1) is 8.58. The van der Waals surface area contributed by atoms with Crippen molar-refractivity contribution in [3.05, 3.63) is 54.6 Å². The number of hydrogen-bond acceptors (Lipinski definition) is 2. The van der Waals surface area contributed by atoms with Crippen LogP contribution < -0.4 is 8.77 Å². The Morgan fingerprint density at radius 1 is 1.00 bits per heavy atom. The van der Waals surface area contributed by atoms with Crippen LogP contribution in [0.1, 0.15) is 6.92 Å². The topological polar surface area (TPSA) is 46.5 Å². The number of para-hydroxylation sites is 1. The molecule has 0 aromatic heterocycles. The van der Waals surface area contributed by atoms with E-state index in [1.54, 1.807) is 0 Å². The Balaban J connectivity index is 0.000000357. The predicted octanol–water partition coefficient (Wildman–Crippen LogP) is 2.74. The molecule has 4 heteroatoms. The van der Waals surface area contributed by atoms with Gasteiger partial charge in [0.1, 0.15) is 0 Å². The molecule has 0 radical (unpaired) electrons. The summed E-state index contributed by atoms with van der Waals surface area (Å²) in [6, 6.07) is 17.6. The van der Waals surface area contributed by atoms with Crippen molar-refractivity contribution in [2.75, 3.05) is 0 Å². The van der Waals surface area contributed by atoms with Gasteiger partial charge in [0.25, 0.3) is 5.97 Å². The minimum absolute atomic E-state index is 0.833. The Bertz CT molecular complexity index is 476. The number of aliphatic carboxylic acids is 1. The standard InChI is InChI=1S/C12H9O.C2H4O2.Pd/c1-3-7-11(8-4-1)13-12-9-5-2-6-10-12;1-2(3)4;/h1,3-10H;1H3,(H,3,4);. The summed E-state index contributed by atoms with van der Waals surface area (Å²) >= 11 is 3.11. The number of rotatable bonds is 2. The average Bonchev–Trinajstić information content (AvgIpc) is 2.33. The van der Waals surface area contributed by atoms with Crippen LogP contribution in [0.15, 0.2) is 54.6 Å². The van der Waals surface area contributed by atoms with Gasteiger partial charge in [-0.2, -0.15) is 0 Å². The molecule has 0 fully saturated rings. The molecule has 0 atom stereocenters. The van der Waals surface area contributed by atoms with Crippen molar-refractivity contribution in [3.63, 3.8) is 0 Å². The van der Waals surface area contributed by atoms with E-state index in [1.165, 1.54) is 0 Å². The molecule has 0 bridgehead atoms. The van der Waals surface area contributed by atoms with E-state index in [1.807, 2.05) is 54.6 Å². The van der Waals surface area contributed by atoms with Gasteiger partial charge in [-0.3, -0.25) is 4.79 Å². The van der Waals surface area contributed by atoms with E-state index in [9.17, 15) is 0 Å². The molecule has 18 heavy (non-hydrogen) atoms. The van der Waals surface area contributed by atoms with Gasteiger partial charge >= 0.3 is 94.1 Å². The summed E-state index contributed by atoms with van der Waals surface area (Å²) in [6.07, 6.45) is 0. The normalized spacial score (nSPS) is 9.06. The summed E-state index contributed by atoms with van der Waals surface area (Å²) in [7, 11) is 0. The number of benzene rings is 2. The van der Waals surface area contributed by atoms with Crippen LogP contribution in [0.25, 0.3) is 0 Å². The summed E-state index contributed by atoms with van der Waals surface area (Å²) in [6.45, 7) is 1.08. The second-order valence-corrected chi connectivity index (χ2v) is 4.25. The second kappa shape index (κ2) is 7.65. The van der Waals surface area contributed by atoms with Crippen molar-refractivity contribution in [1.82, 2.24) is 0 Å². The average molecular weight is 336 g/mol. The van der Waals surface area contributed by atoms with E-state index >= 15 is 0 Å². The maximum absolute atomic E-state index is 9.00. The van der Waals surface area contributed by atoms with E-state index in [0.717, 1.165) is 22.5 Å². The number of hydrogen-bond donors (Lipinski definition) is 1. The zero-order valence-electron chi connectivity index (χ0n) is 9.78. The van der Waals surface area contributed by atoms with Gasteiger partial charge in [0.05, 0.1) is 0 Å². The van der Waals surface area contributed by atoms with Gasteiger partial charge in [0, 0.05) is 6.92 Å². The van der Waals surface area contributed by atoms with Crippen molar-refractivity contribution in [1.29, 1.82) is 0 Å². The molecule has 2 aromatic rings. The molecule has 1 N–H and O–H groups in total. The number of carboxylic acid groups (broad SMARTS) is 1. The van der Waals surface area contributed by atoms with Gasteiger partial charge in [0.15, 0.2) is 0 Å². The van der Waals surface area contributed by atoms with Gasteiger partial charge in [-0.25, -0.2) is 0 Å². The third-order valence-corrected chi connectivity index (χ3v) is 2.29. The van der Waals surface area contributed by atoms with Crippen LogP contribution in [0.2, 0.25) is 0 Å². The first-order valence-electron chi connectivity index (χ1n) is 5.23. The van der Waals surface area contributed by atoms with Crippen molar-refractivity contribution >= 4 is 10.0 Å². The SMILES string of the molecule is CC(=O)O.[Pd][c]1ccc(Oc2ccccc2)cc1. The molecule has 3 nitrogen and oxygen atoms in total. The van der Waals surface area contributed by atoms with E-state index in [4.69, 9.17) is 14.6 Å². The van der Waals surface area contributed by atoms with Gasteiger partial charge in [-0.1, -0.05) is 0 Å². The fraction of sp³-hybridized carbons (Fsp3) is 0.0714. The van der Waals surface area contributed by atoms with E-state index in [-0.39, 0.29) is 0 Å². The number of carbonyl (C=O) groups is 1. The van der Waals surface area contributed by atoms with Crippen LogP contribution in [0.5, 0.6) is 11.5 Å². The molecular weight excluding hydrogens is 323 g/mol. The molecule has 2 rings (SSSR count). The minimum atomic E-state index is -0.833. The van der Waals surface area contributed by atoms with E-state index < -0.39 is 5.97 Å². The Morgan fingerprint density at radius 2 is 1.44 bits per heavy atom. The quantitative estimate of drug-likeness (QED) is 0.858. The summed E-state index contributed by atoms with van der Waals surface area (Å²) in [5, 5.41) is 7.42. The van der Waals surface area contributed by atoms with Crippen molar-refractivity contribution in [3.8, 4) is 11.5 Å². The molecule has 0 aliphatic carbocycles. The molecule has 97 valence electrons. The zero-order valence-corrected chi connectivity index (χ0v) is 11.3. The first kappa shape index (κ1) is 14.4. The van der Waals surface area contributed by atoms with Gasteiger partial charge in [-0.15, -0.1) is 0 Å². The summed E-state index contributed by atoms with van der Waals surface area (Å²) < 4.78 is 6.71. The number of ether oxygens (including phenoxy) is 1. The van der Waals surface area contributed by atoms with E-state index in [2.05, 4.69) is 19.2 Å². The van der Waals surface area contributed by atoms with Crippen LogP contribution in [0, 0.1) is 0 Å². The molecular formula is C14H13O3Pd. The predicted molar refractivity (Wildman–Crippen MR) is 65.9 cm³/mol. The molecule has 0 spiro atoms. The summed E-state index contributed by atoms with van der Waals surface area (Å²) in [5.74, 6) is 0.879. The Hall–Kier alpha value is -1.63. The fourth-order valence-electron chi connectivity index (χ4n) is 1.12. The summed E-state index contributed by atoms with van der Waals surface area (Å²) in [4.78, 5) is 9.00. The zero-order chi connectivity index (χ0) is 13.4. The second-order valence-electron chi connectivity index (χ2n) is 3.35. The third kappa shape index (κ3) is 6.19. The van der Waals surface area contributed by atoms with Gasteiger partial charge in [-0.05, 0) is 0 Å². The molecule has 2 aromatic carbocycles. The molecule has 0 unspecified atom stereocenters. The first-order valence-corrected chi connectivity index (χ1v) is 6.00. The van der Waals surface area contributed by atoms with Crippen molar-refractivity contribution < 1.29 is 33.8 Å². The van der Waals surface area contributed by atoms with Crippen molar-refractivity contribution in [2.45, 2.75) is 6.92 Å². The molecule has 0 saturated heterocycles. The Labute approximate surface area is 117 Å².